The summed E-state index contributed by atoms with van der Waals surface area (Å²) in [5.41, 5.74) is 2.42. The van der Waals surface area contributed by atoms with E-state index in [0.29, 0.717) is 49.4 Å². The summed E-state index contributed by atoms with van der Waals surface area (Å²) in [6.07, 6.45) is 7.43. The summed E-state index contributed by atoms with van der Waals surface area (Å²) < 4.78 is 30.5. The fourth-order valence-electron chi connectivity index (χ4n) is 3.89. The Kier molecular flexibility index (Phi) is 8.10. The van der Waals surface area contributed by atoms with Crippen molar-refractivity contribution in [2.45, 2.75) is 32.2 Å². The molecular weight excluding hydrogens is 469 g/mol. The predicted molar refractivity (Wildman–Crippen MR) is 134 cm³/mol. The van der Waals surface area contributed by atoms with Crippen LogP contribution < -0.4 is 20.1 Å². The molecule has 35 heavy (non-hydrogen) atoms. The zero-order valence-corrected chi connectivity index (χ0v) is 20.1. The second-order valence-electron chi connectivity index (χ2n) is 7.92. The first-order valence-corrected chi connectivity index (χ1v) is 11.7. The monoisotopic (exact) mass is 495 g/mol. The van der Waals surface area contributed by atoms with Gasteiger partial charge in [0.05, 0.1) is 37.4 Å². The van der Waals surface area contributed by atoms with E-state index in [9.17, 15) is 9.18 Å². The quantitative estimate of drug-likeness (QED) is 0.381. The number of halogens is 1. The Morgan fingerprint density at radius 2 is 2.11 bits per heavy atom. The van der Waals surface area contributed by atoms with E-state index in [2.05, 4.69) is 15.6 Å². The number of furan rings is 1. The molecule has 0 saturated carbocycles. The number of carbonyl (C=O) groups excluding carboxylic acids is 1. The number of ether oxygens (including phenoxy) is 2. The number of rotatable bonds is 10. The Balaban J connectivity index is 1.48. The summed E-state index contributed by atoms with van der Waals surface area (Å²) in [5.74, 6) is 0.971. The van der Waals surface area contributed by atoms with Gasteiger partial charge in [0.25, 0.3) is 0 Å². The van der Waals surface area contributed by atoms with Crippen molar-refractivity contribution in [2.75, 3.05) is 19.0 Å². The molecule has 0 bridgehead atoms. The number of para-hydroxylation sites is 1. The first-order chi connectivity index (χ1) is 17.1. The van der Waals surface area contributed by atoms with Crippen LogP contribution in [-0.2, 0) is 17.8 Å². The molecule has 2 N–H and O–H groups in total. The molecule has 0 fully saturated rings. The maximum absolute atomic E-state index is 14.1. The fourth-order valence-corrected chi connectivity index (χ4v) is 4.23. The van der Waals surface area contributed by atoms with Crippen LogP contribution in [0.1, 0.15) is 30.6 Å². The van der Waals surface area contributed by atoms with Crippen LogP contribution in [0.5, 0.6) is 11.5 Å². The molecule has 7 nitrogen and oxygen atoms in total. The number of pyridine rings is 1. The highest BCUT2D eigenvalue weighted by molar-refractivity contribution is 7.81. The molecule has 4 rings (SSSR count). The topological polar surface area (TPSA) is 85.6 Å². The van der Waals surface area contributed by atoms with Crippen LogP contribution in [0, 0.1) is 5.82 Å². The van der Waals surface area contributed by atoms with Crippen molar-refractivity contribution in [3.8, 4) is 11.5 Å². The Labute approximate surface area is 208 Å². The number of aromatic nitrogens is 1. The summed E-state index contributed by atoms with van der Waals surface area (Å²) in [4.78, 5) is 17.2. The van der Waals surface area contributed by atoms with E-state index in [-0.39, 0.29) is 16.5 Å². The molecule has 0 unspecified atom stereocenters. The van der Waals surface area contributed by atoms with Gasteiger partial charge in [-0.1, -0.05) is 18.3 Å². The maximum Gasteiger partial charge on any atom is 0.177 e. The average molecular weight is 496 g/mol. The van der Waals surface area contributed by atoms with E-state index in [1.165, 1.54) is 13.2 Å². The SMILES string of the molecule is COc1c(F)cccc1NC(=S)C1=C(NCc2ccncc2OCCc2ccco2)CCCC1=O. The summed E-state index contributed by atoms with van der Waals surface area (Å²) in [5, 5.41) is 6.36. The van der Waals surface area contributed by atoms with Gasteiger partial charge in [0, 0.05) is 36.8 Å². The van der Waals surface area contributed by atoms with Gasteiger partial charge in [-0.25, -0.2) is 4.39 Å². The lowest BCUT2D eigenvalue weighted by Crippen LogP contribution is -2.29. The minimum absolute atomic E-state index is 0.0429. The summed E-state index contributed by atoms with van der Waals surface area (Å²) in [6.45, 7) is 0.874. The van der Waals surface area contributed by atoms with Gasteiger partial charge < -0.3 is 24.5 Å². The van der Waals surface area contributed by atoms with Gasteiger partial charge in [-0.15, -0.1) is 0 Å². The average Bonchev–Trinajstić information content (AvgIpc) is 3.37. The minimum atomic E-state index is -0.514. The van der Waals surface area contributed by atoms with Crippen molar-refractivity contribution < 1.29 is 23.1 Å². The number of carbonyl (C=O) groups is 1. The number of nitrogens with zero attached hydrogens (tertiary/aromatic N) is 1. The summed E-state index contributed by atoms with van der Waals surface area (Å²) >= 11 is 5.56. The lowest BCUT2D eigenvalue weighted by Gasteiger charge is -2.23. The molecule has 182 valence electrons. The molecule has 0 atom stereocenters. The molecule has 0 radical (unpaired) electrons. The maximum atomic E-state index is 14.1. The molecule has 0 saturated heterocycles. The Morgan fingerprint density at radius 1 is 1.23 bits per heavy atom. The van der Waals surface area contributed by atoms with Crippen molar-refractivity contribution in [3.63, 3.8) is 0 Å². The molecule has 3 aromatic rings. The van der Waals surface area contributed by atoms with Crippen LogP contribution in [-0.4, -0.2) is 29.5 Å². The van der Waals surface area contributed by atoms with E-state index in [1.54, 1.807) is 30.8 Å². The van der Waals surface area contributed by atoms with E-state index in [4.69, 9.17) is 26.1 Å². The van der Waals surface area contributed by atoms with Crippen LogP contribution in [0.2, 0.25) is 0 Å². The highest BCUT2D eigenvalue weighted by Gasteiger charge is 2.25. The minimum Gasteiger partial charge on any atom is -0.492 e. The van der Waals surface area contributed by atoms with Crippen molar-refractivity contribution in [1.29, 1.82) is 0 Å². The molecule has 0 aliphatic heterocycles. The van der Waals surface area contributed by atoms with Crippen molar-refractivity contribution in [2.24, 2.45) is 0 Å². The number of benzene rings is 1. The second kappa shape index (κ2) is 11.6. The lowest BCUT2D eigenvalue weighted by atomic mass is 9.94. The molecule has 1 aliphatic carbocycles. The molecule has 2 aromatic heterocycles. The van der Waals surface area contributed by atoms with Gasteiger partial charge in [0.1, 0.15) is 16.5 Å². The van der Waals surface area contributed by atoms with Crippen LogP contribution in [0.3, 0.4) is 0 Å². The number of hydrogen-bond donors (Lipinski definition) is 2. The molecule has 1 aromatic carbocycles. The van der Waals surface area contributed by atoms with Gasteiger partial charge in [-0.3, -0.25) is 9.78 Å². The molecule has 2 heterocycles. The lowest BCUT2D eigenvalue weighted by molar-refractivity contribution is -0.115. The zero-order chi connectivity index (χ0) is 24.6. The Bertz CT molecular complexity index is 1230. The van der Waals surface area contributed by atoms with Crippen molar-refractivity contribution >= 4 is 28.7 Å². The number of allylic oxidation sites excluding steroid dienone is 1. The van der Waals surface area contributed by atoms with E-state index < -0.39 is 5.82 Å². The van der Waals surface area contributed by atoms with Gasteiger partial charge >= 0.3 is 0 Å². The van der Waals surface area contributed by atoms with Gasteiger partial charge in [-0.05, 0) is 43.2 Å². The van der Waals surface area contributed by atoms with Crippen LogP contribution in [0.25, 0.3) is 0 Å². The molecule has 9 heteroatoms. The number of ketones is 1. The number of Topliss-reactive ketones (excluding diaryl/α,β-unsaturated/α-hetero) is 1. The highest BCUT2D eigenvalue weighted by Crippen LogP contribution is 2.30. The van der Waals surface area contributed by atoms with Crippen LogP contribution in [0.15, 0.2) is 70.7 Å². The predicted octanol–water partition coefficient (Wildman–Crippen LogP) is 4.98. The molecule has 0 amide bonds. The second-order valence-corrected chi connectivity index (χ2v) is 8.33. The van der Waals surface area contributed by atoms with E-state index in [1.807, 2.05) is 18.2 Å². The highest BCUT2D eigenvalue weighted by atomic mass is 32.1. The number of nitrogens with one attached hydrogen (secondary N) is 2. The molecular formula is C26H26FN3O4S. The van der Waals surface area contributed by atoms with E-state index >= 15 is 0 Å². The third-order valence-electron chi connectivity index (χ3n) is 5.61. The normalized spacial score (nSPS) is 13.5. The van der Waals surface area contributed by atoms with E-state index in [0.717, 1.165) is 23.4 Å². The third kappa shape index (κ3) is 6.05. The number of thiocarbonyl (C=S) groups is 1. The molecule has 1 aliphatic rings. The third-order valence-corrected chi connectivity index (χ3v) is 5.91. The van der Waals surface area contributed by atoms with Gasteiger partial charge in [-0.2, -0.15) is 0 Å². The van der Waals surface area contributed by atoms with Crippen molar-refractivity contribution in [1.82, 2.24) is 10.3 Å². The van der Waals surface area contributed by atoms with Gasteiger partial charge in [0.15, 0.2) is 17.3 Å². The Hall–Kier alpha value is -3.72. The van der Waals surface area contributed by atoms with Crippen LogP contribution in [0.4, 0.5) is 10.1 Å². The fraction of sp³-hybridized carbons (Fsp3) is 0.269. The standard InChI is InChI=1S/C26H26FN3O4S/c1-32-25-19(27)6-2-8-21(25)30-26(35)24-20(7-3-9-22(24)31)29-15-17-10-12-28-16-23(17)34-14-11-18-5-4-13-33-18/h2,4-6,8,10,12-13,16,29H,3,7,9,11,14-15H2,1H3,(H,30,35). The summed E-state index contributed by atoms with van der Waals surface area (Å²) in [6, 6.07) is 10.1. The Morgan fingerprint density at radius 3 is 2.91 bits per heavy atom. The van der Waals surface area contributed by atoms with Crippen molar-refractivity contribution in [3.05, 3.63) is 83.5 Å². The first-order valence-electron chi connectivity index (χ1n) is 11.3. The zero-order valence-electron chi connectivity index (χ0n) is 19.3. The van der Waals surface area contributed by atoms with Gasteiger partial charge in [0.2, 0.25) is 0 Å². The molecule has 0 spiro atoms. The largest absolute Gasteiger partial charge is 0.492 e. The number of anilines is 1. The van der Waals surface area contributed by atoms with Crippen LogP contribution >= 0.6 is 12.2 Å². The smallest absolute Gasteiger partial charge is 0.177 e. The first kappa shape index (κ1) is 24.4. The number of hydrogen-bond acceptors (Lipinski definition) is 7. The summed E-state index contributed by atoms with van der Waals surface area (Å²) in [7, 11) is 1.38. The number of methoxy groups -OCH3 is 1.